The molecule has 9 aromatic carbocycles. The molecule has 0 spiro atoms. The van der Waals surface area contributed by atoms with Gasteiger partial charge < -0.3 is 33.5 Å². The van der Waals surface area contributed by atoms with Crippen molar-refractivity contribution in [3.05, 3.63) is 274 Å². The average Bonchev–Trinajstić information content (AvgIpc) is 3.48. The third kappa shape index (κ3) is 14.5. The normalized spacial score (nSPS) is 11.4. The predicted octanol–water partition coefficient (Wildman–Crippen LogP) is 17.1. The van der Waals surface area contributed by atoms with Gasteiger partial charge in [0.05, 0.1) is 20.3 Å². The van der Waals surface area contributed by atoms with E-state index in [0.717, 1.165) is 84.4 Å². The van der Waals surface area contributed by atoms with E-state index in [9.17, 15) is 9.59 Å². The van der Waals surface area contributed by atoms with E-state index >= 15 is 0 Å². The first kappa shape index (κ1) is 54.4. The van der Waals surface area contributed by atoms with Crippen LogP contribution in [-0.4, -0.2) is 45.7 Å². The fourth-order valence-electron chi connectivity index (χ4n) is 9.07. The number of anilines is 6. The molecule has 9 nitrogen and oxygen atoms in total. The number of hydrogen-bond donors (Lipinski definition) is 0. The van der Waals surface area contributed by atoms with E-state index in [1.165, 1.54) is 29.2 Å². The number of esters is 1. The van der Waals surface area contributed by atoms with Crippen LogP contribution in [0.2, 0.25) is 0 Å². The topological polar surface area (TPSA) is 86.8 Å². The molecule has 0 radical (unpaired) electrons. The number of ether oxygens (including phenoxy) is 5. The van der Waals surface area contributed by atoms with Crippen molar-refractivity contribution in [2.45, 2.75) is 34.6 Å². The van der Waals surface area contributed by atoms with E-state index in [0.29, 0.717) is 5.75 Å². The van der Waals surface area contributed by atoms with Crippen LogP contribution in [0, 0.1) is 27.7 Å². The van der Waals surface area contributed by atoms with Crippen LogP contribution in [0.4, 0.5) is 38.9 Å². The van der Waals surface area contributed by atoms with Gasteiger partial charge in [-0.1, -0.05) is 144 Å². The smallest absolute Gasteiger partial charge is 0.497 e. The van der Waals surface area contributed by atoms with E-state index in [1.807, 2.05) is 24.3 Å². The molecular formula is C70H64N2O7. The van der Waals surface area contributed by atoms with E-state index in [-0.39, 0.29) is 32.4 Å². The van der Waals surface area contributed by atoms with Crippen molar-refractivity contribution in [1.29, 1.82) is 0 Å². The Kier molecular flexibility index (Phi) is 17.9. The lowest BCUT2D eigenvalue weighted by Gasteiger charge is -2.26. The van der Waals surface area contributed by atoms with E-state index in [4.69, 9.17) is 23.7 Å². The highest BCUT2D eigenvalue weighted by atomic mass is 16.7. The lowest BCUT2D eigenvalue weighted by molar-refractivity contribution is -0.142. The Morgan fingerprint density at radius 3 is 0.975 bits per heavy atom. The second-order valence-electron chi connectivity index (χ2n) is 19.3. The van der Waals surface area contributed by atoms with Gasteiger partial charge in [0.1, 0.15) is 24.7 Å². The SMILES string of the molecule is COc1ccc(C(=Cc2ccc(N(c3ccc(C)cc3)c3ccc(C)cc3)cc2)c2ccc(C(=Cc3ccc(N(c4ccc(C)cc4)c4ccc(C)cc4)cc3)c3ccc(OC(=O)OCCOCCOC(C)=O)cc3)cc2)cc1. The van der Waals surface area contributed by atoms with Crippen molar-refractivity contribution in [2.75, 3.05) is 43.3 Å². The molecule has 0 aliphatic carbocycles. The Morgan fingerprint density at radius 1 is 0.367 bits per heavy atom. The molecule has 0 aliphatic rings. The Morgan fingerprint density at radius 2 is 0.658 bits per heavy atom. The zero-order chi connectivity index (χ0) is 55.1. The first-order chi connectivity index (χ1) is 38.5. The van der Waals surface area contributed by atoms with Gasteiger partial charge in [-0.3, -0.25) is 4.79 Å². The number of hydrogen-bond acceptors (Lipinski definition) is 9. The Hall–Kier alpha value is -9.44. The second kappa shape index (κ2) is 26.1. The highest BCUT2D eigenvalue weighted by molar-refractivity contribution is 5.95. The summed E-state index contributed by atoms with van der Waals surface area (Å²) in [6.07, 6.45) is 3.57. The second-order valence-corrected chi connectivity index (χ2v) is 19.3. The third-order valence-electron chi connectivity index (χ3n) is 13.3. The lowest BCUT2D eigenvalue weighted by Crippen LogP contribution is -2.16. The molecule has 9 rings (SSSR count). The Balaban J connectivity index is 1.04. The van der Waals surface area contributed by atoms with Gasteiger partial charge in [-0.05, 0) is 181 Å². The number of benzene rings is 9. The molecule has 9 heteroatoms. The summed E-state index contributed by atoms with van der Waals surface area (Å²) in [6, 6.07) is 76.0. The average molecular weight is 1050 g/mol. The van der Waals surface area contributed by atoms with Crippen LogP contribution < -0.4 is 19.3 Å². The van der Waals surface area contributed by atoms with Crippen LogP contribution in [0.5, 0.6) is 11.5 Å². The summed E-state index contributed by atoms with van der Waals surface area (Å²) in [5.41, 5.74) is 19.2. The van der Waals surface area contributed by atoms with Gasteiger partial charge in [0.25, 0.3) is 0 Å². The third-order valence-corrected chi connectivity index (χ3v) is 13.3. The lowest BCUT2D eigenvalue weighted by atomic mass is 9.91. The van der Waals surface area contributed by atoms with Crippen molar-refractivity contribution in [3.63, 3.8) is 0 Å². The first-order valence-electron chi connectivity index (χ1n) is 26.4. The molecule has 0 aromatic heterocycles. The maximum Gasteiger partial charge on any atom is 0.513 e. The Labute approximate surface area is 464 Å². The molecule has 0 saturated heterocycles. The summed E-state index contributed by atoms with van der Waals surface area (Å²) in [5.74, 6) is 0.727. The molecule has 0 heterocycles. The molecule has 9 aromatic rings. The zero-order valence-electron chi connectivity index (χ0n) is 45.5. The predicted molar refractivity (Wildman–Crippen MR) is 320 cm³/mol. The minimum atomic E-state index is -0.851. The van der Waals surface area contributed by atoms with Crippen molar-refractivity contribution in [1.82, 2.24) is 0 Å². The maximum atomic E-state index is 12.7. The van der Waals surface area contributed by atoms with E-state index < -0.39 is 6.16 Å². The molecule has 0 saturated carbocycles. The standard InChI is InChI=1S/C70H64N2O7/c1-49-7-27-60(28-8-49)71(61-29-9-50(2)10-30-61)64-35-15-54(16-36-64)47-68(58-23-39-66(75-6)40-24-58)56-19-21-57(22-20-56)69(59-25-41-67(42-26-59)79-70(74)78-46-44-76-43-45-77-53(5)73)48-55-17-37-65(38-18-55)72(62-31-11-51(3)12-32-62)63-33-13-52(4)14-34-63/h7-42,47-48H,43-46H2,1-6H3. The van der Waals surface area contributed by atoms with Gasteiger partial charge >= 0.3 is 12.1 Å². The molecule has 0 amide bonds. The van der Waals surface area contributed by atoms with Gasteiger partial charge in [-0.15, -0.1) is 0 Å². The number of rotatable bonds is 20. The van der Waals surface area contributed by atoms with E-state index in [1.54, 1.807) is 19.2 Å². The molecule has 79 heavy (non-hydrogen) atoms. The van der Waals surface area contributed by atoms with Crippen LogP contribution in [0.25, 0.3) is 23.3 Å². The fraction of sp³-hybridized carbons (Fsp3) is 0.143. The minimum absolute atomic E-state index is 0.0179. The van der Waals surface area contributed by atoms with Gasteiger partial charge in [-0.25, -0.2) is 4.79 Å². The van der Waals surface area contributed by atoms with Crippen LogP contribution in [0.1, 0.15) is 62.6 Å². The summed E-state index contributed by atoms with van der Waals surface area (Å²) >= 11 is 0. The molecular weight excluding hydrogens is 981 g/mol. The minimum Gasteiger partial charge on any atom is -0.497 e. The van der Waals surface area contributed by atoms with Gasteiger partial charge in [-0.2, -0.15) is 0 Å². The number of carbonyl (C=O) groups is 2. The molecule has 0 N–H and O–H groups in total. The van der Waals surface area contributed by atoms with Crippen LogP contribution in [0.3, 0.4) is 0 Å². The quantitative estimate of drug-likeness (QED) is 0.0321. The van der Waals surface area contributed by atoms with Crippen molar-refractivity contribution < 1.29 is 33.3 Å². The summed E-state index contributed by atoms with van der Waals surface area (Å²) in [5, 5.41) is 0. The summed E-state index contributed by atoms with van der Waals surface area (Å²) in [7, 11) is 1.68. The molecule has 0 atom stereocenters. The van der Waals surface area contributed by atoms with Crippen LogP contribution in [-0.2, 0) is 19.0 Å². The summed E-state index contributed by atoms with van der Waals surface area (Å²) < 4.78 is 26.6. The van der Waals surface area contributed by atoms with Crippen molar-refractivity contribution in [2.24, 2.45) is 0 Å². The molecule has 0 unspecified atom stereocenters. The van der Waals surface area contributed by atoms with Crippen molar-refractivity contribution in [3.8, 4) is 11.5 Å². The number of carbonyl (C=O) groups excluding carboxylic acids is 2. The number of methoxy groups -OCH3 is 1. The van der Waals surface area contributed by atoms with Crippen molar-refractivity contribution >= 4 is 69.5 Å². The van der Waals surface area contributed by atoms with Crippen LogP contribution in [0.15, 0.2) is 218 Å². The fourth-order valence-corrected chi connectivity index (χ4v) is 9.07. The maximum absolute atomic E-state index is 12.7. The Bertz CT molecular complexity index is 3410. The molecule has 396 valence electrons. The zero-order valence-corrected chi connectivity index (χ0v) is 45.5. The van der Waals surface area contributed by atoms with Crippen LogP contribution >= 0.6 is 0 Å². The van der Waals surface area contributed by atoms with E-state index in [2.05, 4.69) is 232 Å². The number of aryl methyl sites for hydroxylation is 4. The summed E-state index contributed by atoms with van der Waals surface area (Å²) in [6.45, 7) is 10.2. The van der Waals surface area contributed by atoms with Gasteiger partial charge in [0.15, 0.2) is 0 Å². The summed E-state index contributed by atoms with van der Waals surface area (Å²) in [4.78, 5) is 28.2. The molecule has 0 aliphatic heterocycles. The molecule has 0 fully saturated rings. The van der Waals surface area contributed by atoms with Gasteiger partial charge in [0, 0.05) is 41.0 Å². The number of nitrogens with zero attached hydrogens (tertiary/aromatic N) is 2. The largest absolute Gasteiger partial charge is 0.513 e. The highest BCUT2D eigenvalue weighted by Crippen LogP contribution is 2.38. The molecule has 0 bridgehead atoms. The first-order valence-corrected chi connectivity index (χ1v) is 26.4. The highest BCUT2D eigenvalue weighted by Gasteiger charge is 2.17. The monoisotopic (exact) mass is 1040 g/mol. The van der Waals surface area contributed by atoms with Gasteiger partial charge in [0.2, 0.25) is 0 Å².